The molecule has 2 aromatic rings. The number of anilines is 1. The lowest BCUT2D eigenvalue weighted by Crippen LogP contribution is -2.39. The molecule has 0 unspecified atom stereocenters. The third-order valence-corrected chi connectivity index (χ3v) is 5.92. The molecule has 0 aliphatic carbocycles. The highest BCUT2D eigenvalue weighted by Crippen LogP contribution is 2.33. The van der Waals surface area contributed by atoms with Crippen molar-refractivity contribution >= 4 is 11.8 Å². The summed E-state index contributed by atoms with van der Waals surface area (Å²) in [5.41, 5.74) is 2.24. The Morgan fingerprint density at radius 1 is 1.22 bits per heavy atom. The number of hydrogen-bond donors (Lipinski definition) is 0. The lowest BCUT2D eigenvalue weighted by atomic mass is 10.0. The van der Waals surface area contributed by atoms with Crippen molar-refractivity contribution in [2.45, 2.75) is 45.8 Å². The molecule has 0 saturated carbocycles. The minimum Gasteiger partial charge on any atom is -0.378 e. The van der Waals surface area contributed by atoms with Crippen LogP contribution in [-0.2, 0) is 20.8 Å². The second kappa shape index (κ2) is 10.4. The summed E-state index contributed by atoms with van der Waals surface area (Å²) in [5.74, 6) is 0.698. The molecule has 32 heavy (non-hydrogen) atoms. The third-order valence-electron chi connectivity index (χ3n) is 5.92. The predicted molar refractivity (Wildman–Crippen MR) is 119 cm³/mol. The molecule has 1 atom stereocenters. The van der Waals surface area contributed by atoms with E-state index in [4.69, 9.17) is 14.0 Å². The molecule has 0 radical (unpaired) electrons. The largest absolute Gasteiger partial charge is 0.378 e. The van der Waals surface area contributed by atoms with Gasteiger partial charge in [0.05, 0.1) is 31.4 Å². The number of hydrogen-bond acceptors (Lipinski definition) is 6. The van der Waals surface area contributed by atoms with Gasteiger partial charge in [-0.25, -0.2) is 4.39 Å². The summed E-state index contributed by atoms with van der Waals surface area (Å²) in [4.78, 5) is 17.2. The molecule has 0 bridgehead atoms. The number of ether oxygens (including phenoxy) is 2. The van der Waals surface area contributed by atoms with E-state index in [1.54, 1.807) is 12.1 Å². The first kappa shape index (κ1) is 22.7. The Balaban J connectivity index is 1.67. The number of morpholine rings is 1. The van der Waals surface area contributed by atoms with Gasteiger partial charge in [0.15, 0.2) is 0 Å². The summed E-state index contributed by atoms with van der Waals surface area (Å²) in [6, 6.07) is 6.22. The van der Waals surface area contributed by atoms with Crippen LogP contribution in [0.3, 0.4) is 0 Å². The first-order chi connectivity index (χ1) is 15.5. The number of amides is 1. The molecule has 0 N–H and O–H groups in total. The number of rotatable bonds is 8. The maximum atomic E-state index is 13.5. The van der Waals surface area contributed by atoms with Crippen molar-refractivity contribution in [1.29, 1.82) is 0 Å². The SMILES string of the molecule is CC(C)CC(=O)N(Cc1c(-c2ccc(F)cc2)noc1N1CCOCC1)C[C@H]1CCCO1. The molecule has 2 aliphatic rings. The molecular formula is C24H32FN3O4. The number of halogens is 1. The Morgan fingerprint density at radius 3 is 2.62 bits per heavy atom. The fourth-order valence-corrected chi connectivity index (χ4v) is 4.25. The molecule has 174 valence electrons. The topological polar surface area (TPSA) is 68.0 Å². The average Bonchev–Trinajstić information content (AvgIpc) is 3.44. The number of nitrogens with zero attached hydrogens (tertiary/aromatic N) is 3. The van der Waals surface area contributed by atoms with Gasteiger partial charge in [-0.3, -0.25) is 4.79 Å². The van der Waals surface area contributed by atoms with Crippen molar-refractivity contribution in [3.8, 4) is 11.3 Å². The lowest BCUT2D eigenvalue weighted by molar-refractivity contribution is -0.134. The Labute approximate surface area is 188 Å². The summed E-state index contributed by atoms with van der Waals surface area (Å²) in [6.45, 7) is 8.35. The van der Waals surface area contributed by atoms with Gasteiger partial charge in [-0.15, -0.1) is 0 Å². The molecule has 4 rings (SSSR count). The number of carbonyl (C=O) groups is 1. The van der Waals surface area contributed by atoms with Crippen LogP contribution in [0, 0.1) is 11.7 Å². The number of carbonyl (C=O) groups excluding carboxylic acids is 1. The Bertz CT molecular complexity index is 887. The van der Waals surface area contributed by atoms with Crippen LogP contribution in [0.5, 0.6) is 0 Å². The van der Waals surface area contributed by atoms with Crippen molar-refractivity contribution in [3.05, 3.63) is 35.6 Å². The molecule has 2 saturated heterocycles. The Hall–Kier alpha value is -2.45. The standard InChI is InChI=1S/C24H32FN3O4/c1-17(2)14-22(29)28(15-20-4-3-11-31-20)16-21-23(18-5-7-19(25)8-6-18)26-32-24(21)27-9-12-30-13-10-27/h5-8,17,20H,3-4,9-16H2,1-2H3/t20-/m1/s1. The summed E-state index contributed by atoms with van der Waals surface area (Å²) in [5, 5.41) is 4.35. The molecule has 2 aliphatic heterocycles. The van der Waals surface area contributed by atoms with Gasteiger partial charge in [0.25, 0.3) is 0 Å². The summed E-state index contributed by atoms with van der Waals surface area (Å²) in [6.07, 6.45) is 2.49. The molecule has 7 nitrogen and oxygen atoms in total. The normalized spacial score (nSPS) is 19.0. The quantitative estimate of drug-likeness (QED) is 0.615. The monoisotopic (exact) mass is 445 g/mol. The van der Waals surface area contributed by atoms with Crippen LogP contribution in [0.1, 0.15) is 38.7 Å². The smallest absolute Gasteiger partial charge is 0.233 e. The average molecular weight is 446 g/mol. The van der Waals surface area contributed by atoms with E-state index in [0.29, 0.717) is 57.4 Å². The van der Waals surface area contributed by atoms with E-state index in [1.807, 2.05) is 18.7 Å². The highest BCUT2D eigenvalue weighted by atomic mass is 19.1. The van der Waals surface area contributed by atoms with E-state index in [1.165, 1.54) is 12.1 Å². The van der Waals surface area contributed by atoms with Crippen LogP contribution in [0.2, 0.25) is 0 Å². The van der Waals surface area contributed by atoms with E-state index in [2.05, 4.69) is 10.1 Å². The molecule has 1 aromatic heterocycles. The van der Waals surface area contributed by atoms with Gasteiger partial charge in [0.2, 0.25) is 11.8 Å². The van der Waals surface area contributed by atoms with Crippen LogP contribution in [-0.4, -0.2) is 61.5 Å². The van der Waals surface area contributed by atoms with Gasteiger partial charge in [0.1, 0.15) is 11.5 Å². The lowest BCUT2D eigenvalue weighted by Gasteiger charge is -2.29. The van der Waals surface area contributed by atoms with Gasteiger partial charge in [-0.1, -0.05) is 19.0 Å². The van der Waals surface area contributed by atoms with Crippen LogP contribution < -0.4 is 4.90 Å². The van der Waals surface area contributed by atoms with Gasteiger partial charge < -0.3 is 23.8 Å². The summed E-state index contributed by atoms with van der Waals surface area (Å²) < 4.78 is 30.7. The maximum Gasteiger partial charge on any atom is 0.233 e. The summed E-state index contributed by atoms with van der Waals surface area (Å²) in [7, 11) is 0. The highest BCUT2D eigenvalue weighted by molar-refractivity contribution is 5.77. The van der Waals surface area contributed by atoms with Crippen molar-refractivity contribution in [3.63, 3.8) is 0 Å². The molecular weight excluding hydrogens is 413 g/mol. The molecule has 1 aromatic carbocycles. The van der Waals surface area contributed by atoms with Gasteiger partial charge in [0, 0.05) is 38.2 Å². The van der Waals surface area contributed by atoms with E-state index in [-0.39, 0.29) is 23.7 Å². The summed E-state index contributed by atoms with van der Waals surface area (Å²) >= 11 is 0. The predicted octanol–water partition coefficient (Wildman–Crippen LogP) is 3.87. The fraction of sp³-hybridized carbons (Fsp3) is 0.583. The van der Waals surface area contributed by atoms with E-state index >= 15 is 0 Å². The van der Waals surface area contributed by atoms with Crippen molar-refractivity contribution < 1.29 is 23.2 Å². The van der Waals surface area contributed by atoms with E-state index < -0.39 is 0 Å². The molecule has 1 amide bonds. The zero-order valence-electron chi connectivity index (χ0n) is 18.9. The fourth-order valence-electron chi connectivity index (χ4n) is 4.25. The Morgan fingerprint density at radius 2 is 1.97 bits per heavy atom. The van der Waals surface area contributed by atoms with Gasteiger partial charge in [-0.2, -0.15) is 0 Å². The van der Waals surface area contributed by atoms with Gasteiger partial charge >= 0.3 is 0 Å². The van der Waals surface area contributed by atoms with E-state index in [0.717, 1.165) is 30.6 Å². The van der Waals surface area contributed by atoms with Gasteiger partial charge in [-0.05, 0) is 43.0 Å². The molecule has 0 spiro atoms. The van der Waals surface area contributed by atoms with Crippen LogP contribution >= 0.6 is 0 Å². The Kier molecular flexibility index (Phi) is 7.42. The number of aromatic nitrogens is 1. The highest BCUT2D eigenvalue weighted by Gasteiger charge is 2.29. The zero-order valence-corrected chi connectivity index (χ0v) is 18.9. The third kappa shape index (κ3) is 5.48. The van der Waals surface area contributed by atoms with Crippen molar-refractivity contribution in [2.24, 2.45) is 5.92 Å². The van der Waals surface area contributed by atoms with Crippen LogP contribution in [0.15, 0.2) is 28.8 Å². The minimum absolute atomic E-state index is 0.0482. The van der Waals surface area contributed by atoms with E-state index in [9.17, 15) is 9.18 Å². The van der Waals surface area contributed by atoms with Crippen molar-refractivity contribution in [2.75, 3.05) is 44.4 Å². The van der Waals surface area contributed by atoms with Crippen LogP contribution in [0.25, 0.3) is 11.3 Å². The first-order valence-electron chi connectivity index (χ1n) is 11.5. The first-order valence-corrected chi connectivity index (χ1v) is 11.5. The maximum absolute atomic E-state index is 13.5. The minimum atomic E-state index is -0.306. The molecule has 8 heteroatoms. The zero-order chi connectivity index (χ0) is 22.5. The van der Waals surface area contributed by atoms with Crippen LogP contribution in [0.4, 0.5) is 10.3 Å². The second-order valence-corrected chi connectivity index (χ2v) is 8.93. The number of benzene rings is 1. The molecule has 3 heterocycles. The second-order valence-electron chi connectivity index (χ2n) is 8.93. The van der Waals surface area contributed by atoms with Crippen molar-refractivity contribution in [1.82, 2.24) is 10.1 Å². The molecule has 2 fully saturated rings.